The second kappa shape index (κ2) is 4.86. The van der Waals surface area contributed by atoms with Gasteiger partial charge in [-0.25, -0.2) is 0 Å². The fraction of sp³-hybridized carbons (Fsp3) is 0.333. The van der Waals surface area contributed by atoms with Crippen molar-refractivity contribution >= 4 is 5.91 Å². The number of nitrogens with zero attached hydrogens (tertiary/aromatic N) is 1. The molecule has 0 unspecified atom stereocenters. The van der Waals surface area contributed by atoms with Crippen molar-refractivity contribution in [2.24, 2.45) is 0 Å². The van der Waals surface area contributed by atoms with Crippen LogP contribution in [-0.2, 0) is 0 Å². The summed E-state index contributed by atoms with van der Waals surface area (Å²) in [5.41, 5.74) is 1.07. The highest BCUT2D eigenvalue weighted by Crippen LogP contribution is 2.17. The van der Waals surface area contributed by atoms with Gasteiger partial charge in [-0.15, -0.1) is 0 Å². The molecule has 0 fully saturated rings. The fourth-order valence-corrected chi connectivity index (χ4v) is 1.40. The van der Waals surface area contributed by atoms with E-state index in [1.807, 2.05) is 19.9 Å². The van der Waals surface area contributed by atoms with E-state index in [2.05, 4.69) is 15.5 Å². The molecular weight excluding hydrogens is 218 g/mol. The lowest BCUT2D eigenvalue weighted by Crippen LogP contribution is -2.32. The van der Waals surface area contributed by atoms with Crippen molar-refractivity contribution < 1.29 is 9.21 Å². The lowest BCUT2D eigenvalue weighted by Gasteiger charge is -2.08. The zero-order chi connectivity index (χ0) is 12.3. The van der Waals surface area contributed by atoms with E-state index in [1.54, 1.807) is 18.4 Å². The van der Waals surface area contributed by atoms with Gasteiger partial charge in [-0.05, 0) is 25.5 Å². The summed E-state index contributed by atoms with van der Waals surface area (Å²) in [5, 5.41) is 9.59. The highest BCUT2D eigenvalue weighted by molar-refractivity contribution is 5.93. The molecule has 5 heteroatoms. The summed E-state index contributed by atoms with van der Waals surface area (Å²) < 4.78 is 5.21. The molecule has 0 aliphatic rings. The second-order valence-corrected chi connectivity index (χ2v) is 3.93. The minimum atomic E-state index is -0.173. The summed E-state index contributed by atoms with van der Waals surface area (Å²) in [6.45, 7) is 3.97. The van der Waals surface area contributed by atoms with E-state index in [-0.39, 0.29) is 11.9 Å². The summed E-state index contributed by atoms with van der Waals surface area (Å²) in [6.07, 6.45) is 2.47. The van der Waals surface area contributed by atoms with Crippen LogP contribution in [-0.4, -0.2) is 22.1 Å². The molecule has 17 heavy (non-hydrogen) atoms. The minimum absolute atomic E-state index is 0.145. The van der Waals surface area contributed by atoms with Crippen molar-refractivity contribution in [2.45, 2.75) is 26.3 Å². The molecule has 0 saturated heterocycles. The molecular formula is C12H15N3O2. The number of carbonyl (C=O) groups is 1. The summed E-state index contributed by atoms with van der Waals surface area (Å²) >= 11 is 0. The summed E-state index contributed by atoms with van der Waals surface area (Å²) in [7, 11) is 0. The lowest BCUT2D eigenvalue weighted by atomic mass is 10.2. The number of carbonyl (C=O) groups excluding carboxylic acids is 1. The van der Waals surface area contributed by atoms with Crippen molar-refractivity contribution in [3.05, 3.63) is 30.2 Å². The van der Waals surface area contributed by atoms with Crippen LogP contribution in [0.5, 0.6) is 0 Å². The Bertz CT molecular complexity index is 488. The maximum atomic E-state index is 11.8. The number of furan rings is 1. The van der Waals surface area contributed by atoms with Gasteiger partial charge in [0.15, 0.2) is 11.5 Å². The van der Waals surface area contributed by atoms with E-state index < -0.39 is 0 Å². The number of rotatable bonds is 4. The molecule has 1 amide bonds. The first kappa shape index (κ1) is 11.4. The number of aromatic nitrogens is 2. The number of H-pyrrole nitrogens is 1. The average Bonchev–Trinajstić information content (AvgIpc) is 2.98. The van der Waals surface area contributed by atoms with Crippen LogP contribution in [0.25, 0.3) is 11.5 Å². The summed E-state index contributed by atoms with van der Waals surface area (Å²) in [6, 6.07) is 5.42. The highest BCUT2D eigenvalue weighted by atomic mass is 16.3. The smallest absolute Gasteiger partial charge is 0.271 e. The molecule has 0 bridgehead atoms. The number of amides is 1. The Morgan fingerprint density at radius 3 is 3.12 bits per heavy atom. The van der Waals surface area contributed by atoms with Crippen LogP contribution in [0.3, 0.4) is 0 Å². The lowest BCUT2D eigenvalue weighted by molar-refractivity contribution is 0.0934. The monoisotopic (exact) mass is 233 g/mol. The molecule has 0 saturated carbocycles. The van der Waals surface area contributed by atoms with Gasteiger partial charge in [-0.3, -0.25) is 9.89 Å². The van der Waals surface area contributed by atoms with Gasteiger partial charge in [0.1, 0.15) is 5.69 Å². The number of nitrogens with one attached hydrogen (secondary N) is 2. The maximum Gasteiger partial charge on any atom is 0.271 e. The first-order valence-electron chi connectivity index (χ1n) is 5.61. The number of hydrogen-bond donors (Lipinski definition) is 2. The quantitative estimate of drug-likeness (QED) is 0.850. The van der Waals surface area contributed by atoms with Gasteiger partial charge in [0, 0.05) is 12.1 Å². The van der Waals surface area contributed by atoms with Gasteiger partial charge >= 0.3 is 0 Å². The molecule has 0 radical (unpaired) electrons. The SMILES string of the molecule is CC[C@H](C)NC(=O)c1cc(-c2ccco2)[nH]n1. The third kappa shape index (κ3) is 2.55. The molecule has 0 aliphatic heterocycles. The molecule has 0 aliphatic carbocycles. The third-order valence-electron chi connectivity index (χ3n) is 2.59. The Labute approximate surface area is 99.2 Å². The van der Waals surface area contributed by atoms with E-state index in [1.165, 1.54) is 0 Å². The number of aromatic amines is 1. The minimum Gasteiger partial charge on any atom is -0.463 e. The Morgan fingerprint density at radius 2 is 2.47 bits per heavy atom. The normalized spacial score (nSPS) is 12.4. The van der Waals surface area contributed by atoms with Gasteiger partial charge < -0.3 is 9.73 Å². The molecule has 0 spiro atoms. The van der Waals surface area contributed by atoms with Crippen LogP contribution < -0.4 is 5.32 Å². The first-order chi connectivity index (χ1) is 8.20. The third-order valence-corrected chi connectivity index (χ3v) is 2.59. The summed E-state index contributed by atoms with van der Waals surface area (Å²) in [4.78, 5) is 11.8. The van der Waals surface area contributed by atoms with Crippen LogP contribution >= 0.6 is 0 Å². The maximum absolute atomic E-state index is 11.8. The van der Waals surface area contributed by atoms with Crippen LogP contribution in [0.1, 0.15) is 30.8 Å². The van der Waals surface area contributed by atoms with E-state index in [0.29, 0.717) is 17.1 Å². The topological polar surface area (TPSA) is 70.9 Å². The van der Waals surface area contributed by atoms with E-state index >= 15 is 0 Å². The molecule has 2 aromatic heterocycles. The Morgan fingerprint density at radius 1 is 1.65 bits per heavy atom. The molecule has 90 valence electrons. The number of hydrogen-bond acceptors (Lipinski definition) is 3. The van der Waals surface area contributed by atoms with E-state index in [4.69, 9.17) is 4.42 Å². The fourth-order valence-electron chi connectivity index (χ4n) is 1.40. The van der Waals surface area contributed by atoms with Gasteiger partial charge in [0.25, 0.3) is 5.91 Å². The largest absolute Gasteiger partial charge is 0.463 e. The van der Waals surface area contributed by atoms with Crippen LogP contribution in [0, 0.1) is 0 Å². The van der Waals surface area contributed by atoms with E-state index in [9.17, 15) is 4.79 Å². The Balaban J connectivity index is 2.11. The van der Waals surface area contributed by atoms with E-state index in [0.717, 1.165) is 6.42 Å². The zero-order valence-corrected chi connectivity index (χ0v) is 9.86. The van der Waals surface area contributed by atoms with Crippen molar-refractivity contribution in [1.29, 1.82) is 0 Å². The Kier molecular flexibility index (Phi) is 3.27. The molecule has 2 aromatic rings. The first-order valence-corrected chi connectivity index (χ1v) is 5.61. The van der Waals surface area contributed by atoms with Crippen LogP contribution in [0.2, 0.25) is 0 Å². The predicted molar refractivity (Wildman–Crippen MR) is 63.5 cm³/mol. The molecule has 1 atom stereocenters. The van der Waals surface area contributed by atoms with Gasteiger partial charge in [-0.2, -0.15) is 5.10 Å². The van der Waals surface area contributed by atoms with Crippen molar-refractivity contribution in [3.8, 4) is 11.5 Å². The standard InChI is InChI=1S/C12H15N3O2/c1-3-8(2)13-12(16)10-7-9(14-15-10)11-5-4-6-17-11/h4-8H,3H2,1-2H3,(H,13,16)(H,14,15)/t8-/m0/s1. The van der Waals surface area contributed by atoms with Gasteiger partial charge in [0.2, 0.25) is 0 Å². The van der Waals surface area contributed by atoms with Crippen molar-refractivity contribution in [2.75, 3.05) is 0 Å². The Hall–Kier alpha value is -2.04. The molecule has 0 aromatic carbocycles. The molecule has 2 heterocycles. The average molecular weight is 233 g/mol. The molecule has 2 rings (SSSR count). The molecule has 2 N–H and O–H groups in total. The summed E-state index contributed by atoms with van der Waals surface area (Å²) in [5.74, 6) is 0.494. The predicted octanol–water partition coefficient (Wildman–Crippen LogP) is 2.20. The van der Waals surface area contributed by atoms with Gasteiger partial charge in [0.05, 0.1) is 6.26 Å². The van der Waals surface area contributed by atoms with Crippen molar-refractivity contribution in [1.82, 2.24) is 15.5 Å². The van der Waals surface area contributed by atoms with Crippen LogP contribution in [0.15, 0.2) is 28.9 Å². The van der Waals surface area contributed by atoms with Gasteiger partial charge in [-0.1, -0.05) is 6.92 Å². The van der Waals surface area contributed by atoms with Crippen molar-refractivity contribution in [3.63, 3.8) is 0 Å². The van der Waals surface area contributed by atoms with Crippen LogP contribution in [0.4, 0.5) is 0 Å². The molecule has 5 nitrogen and oxygen atoms in total. The second-order valence-electron chi connectivity index (χ2n) is 3.93. The highest BCUT2D eigenvalue weighted by Gasteiger charge is 2.13. The zero-order valence-electron chi connectivity index (χ0n) is 9.86.